The van der Waals surface area contributed by atoms with E-state index in [1.165, 1.54) is 12.2 Å². The standard InChI is InChI=1S/C26H32O9/c1-22(2)14-11-15(27)25(5)13(23(14,3)8-7-16(28)34-22)6-9-24(4)18(12-10-17(29)32-20(12)30)33-21(31)19-26(24,25)35-19/h7-8,10,13-15,17-19,27,29H,6,9,11H2,1-5H3/t13-,14+,15+,17?,18+,19-,23-,24+,25+,26-/m1/s1. The molecule has 2 aliphatic carbocycles. The number of ether oxygens (including phenoxy) is 4. The molecule has 4 heterocycles. The Labute approximate surface area is 203 Å². The first-order valence-corrected chi connectivity index (χ1v) is 12.3. The number of carbonyl (C=O) groups excluding carboxylic acids is 3. The van der Waals surface area contributed by atoms with Crippen molar-refractivity contribution in [1.29, 1.82) is 0 Å². The lowest BCUT2D eigenvalue weighted by Gasteiger charge is -2.67. The van der Waals surface area contributed by atoms with Crippen LogP contribution in [0, 0.1) is 28.1 Å². The van der Waals surface area contributed by atoms with Gasteiger partial charge < -0.3 is 29.2 Å². The molecule has 4 aliphatic heterocycles. The van der Waals surface area contributed by atoms with Crippen molar-refractivity contribution in [2.75, 3.05) is 0 Å². The number of allylic oxidation sites excluding steroid dienone is 1. The molecule has 0 aromatic carbocycles. The molecular weight excluding hydrogens is 456 g/mol. The summed E-state index contributed by atoms with van der Waals surface area (Å²) < 4.78 is 22.7. The Hall–Kier alpha value is -2.23. The number of aliphatic hydroxyl groups is 2. The largest absolute Gasteiger partial charge is 0.456 e. The topological polar surface area (TPSA) is 132 Å². The molecule has 0 aromatic rings. The minimum absolute atomic E-state index is 0.104. The van der Waals surface area contributed by atoms with Gasteiger partial charge in [0, 0.05) is 22.8 Å². The maximum Gasteiger partial charge on any atom is 0.340 e. The van der Waals surface area contributed by atoms with Gasteiger partial charge in [-0.3, -0.25) is 0 Å². The van der Waals surface area contributed by atoms with Gasteiger partial charge in [-0.25, -0.2) is 14.4 Å². The van der Waals surface area contributed by atoms with Crippen LogP contribution in [0.5, 0.6) is 0 Å². The SMILES string of the molecule is CC1(C)OC(=O)C=C[C@]2(C)[C@H]3CC[C@@]4(C)[C@H](C5=CC(O)OC5=O)OC(=O)[C@H]5O[C@]54[C@]3(C)[C@@H](O)C[C@@H]12. The first-order chi connectivity index (χ1) is 16.2. The Morgan fingerprint density at radius 3 is 2.34 bits per heavy atom. The number of esters is 3. The highest BCUT2D eigenvalue weighted by Crippen LogP contribution is 2.77. The van der Waals surface area contributed by atoms with E-state index in [0.29, 0.717) is 19.3 Å². The molecule has 1 spiro atoms. The van der Waals surface area contributed by atoms with Crippen molar-refractivity contribution >= 4 is 17.9 Å². The first kappa shape index (κ1) is 23.2. The minimum atomic E-state index is -1.39. The molecule has 2 saturated carbocycles. The third-order valence-electron chi connectivity index (χ3n) is 10.5. The highest BCUT2D eigenvalue weighted by Gasteiger charge is 2.88. The summed E-state index contributed by atoms with van der Waals surface area (Å²) in [6.07, 6.45) is 2.13. The van der Waals surface area contributed by atoms with Crippen LogP contribution in [0.4, 0.5) is 0 Å². The van der Waals surface area contributed by atoms with Crippen LogP contribution in [-0.4, -0.2) is 63.9 Å². The van der Waals surface area contributed by atoms with Gasteiger partial charge in [-0.2, -0.15) is 0 Å². The summed E-state index contributed by atoms with van der Waals surface area (Å²) >= 11 is 0. The van der Waals surface area contributed by atoms with E-state index in [-0.39, 0.29) is 17.4 Å². The summed E-state index contributed by atoms with van der Waals surface area (Å²) in [6.45, 7) is 9.78. The van der Waals surface area contributed by atoms with Gasteiger partial charge >= 0.3 is 17.9 Å². The molecule has 6 rings (SSSR count). The van der Waals surface area contributed by atoms with Crippen molar-refractivity contribution in [3.63, 3.8) is 0 Å². The molecule has 2 saturated heterocycles. The lowest BCUT2D eigenvalue weighted by atomic mass is 9.37. The number of aliphatic hydroxyl groups excluding tert-OH is 2. The number of hydrogen-bond acceptors (Lipinski definition) is 9. The van der Waals surface area contributed by atoms with E-state index in [1.807, 2.05) is 33.8 Å². The zero-order valence-electron chi connectivity index (χ0n) is 20.6. The fraction of sp³-hybridized carbons (Fsp3) is 0.731. The highest BCUT2D eigenvalue weighted by atomic mass is 16.7. The number of rotatable bonds is 1. The quantitative estimate of drug-likeness (QED) is 0.320. The molecule has 0 amide bonds. The minimum Gasteiger partial charge on any atom is -0.456 e. The molecule has 0 aromatic heterocycles. The van der Waals surface area contributed by atoms with Crippen LogP contribution in [0.2, 0.25) is 0 Å². The van der Waals surface area contributed by atoms with Crippen LogP contribution in [0.1, 0.15) is 53.9 Å². The average Bonchev–Trinajstić information content (AvgIpc) is 3.47. The van der Waals surface area contributed by atoms with Crippen molar-refractivity contribution in [2.45, 2.75) is 89.7 Å². The first-order valence-electron chi connectivity index (χ1n) is 12.3. The summed E-state index contributed by atoms with van der Waals surface area (Å²) in [6, 6.07) is 0. The van der Waals surface area contributed by atoms with E-state index in [4.69, 9.17) is 18.9 Å². The molecule has 1 unspecified atom stereocenters. The van der Waals surface area contributed by atoms with E-state index in [2.05, 4.69) is 6.92 Å². The molecular formula is C26H32O9. The second-order valence-electron chi connectivity index (χ2n) is 12.3. The fourth-order valence-corrected chi connectivity index (χ4v) is 8.96. The van der Waals surface area contributed by atoms with Gasteiger partial charge in [-0.15, -0.1) is 0 Å². The summed E-state index contributed by atoms with van der Waals surface area (Å²) in [5.74, 6) is -2.02. The predicted octanol–water partition coefficient (Wildman–Crippen LogP) is 1.55. The van der Waals surface area contributed by atoms with Crippen LogP contribution >= 0.6 is 0 Å². The zero-order valence-corrected chi connectivity index (χ0v) is 20.6. The molecule has 10 atom stereocenters. The normalized spacial score (nSPS) is 53.6. The summed E-state index contributed by atoms with van der Waals surface area (Å²) in [5.41, 5.74) is -4.03. The molecule has 4 fully saturated rings. The molecule has 35 heavy (non-hydrogen) atoms. The van der Waals surface area contributed by atoms with Gasteiger partial charge in [0.25, 0.3) is 0 Å². The summed E-state index contributed by atoms with van der Waals surface area (Å²) in [4.78, 5) is 38.1. The molecule has 6 aliphatic rings. The number of hydrogen-bond donors (Lipinski definition) is 2. The molecule has 190 valence electrons. The monoisotopic (exact) mass is 488 g/mol. The summed E-state index contributed by atoms with van der Waals surface area (Å²) in [7, 11) is 0. The van der Waals surface area contributed by atoms with Crippen molar-refractivity contribution in [2.24, 2.45) is 28.1 Å². The third-order valence-corrected chi connectivity index (χ3v) is 10.5. The van der Waals surface area contributed by atoms with E-state index in [1.54, 1.807) is 0 Å². The van der Waals surface area contributed by atoms with Crippen LogP contribution in [0.25, 0.3) is 0 Å². The third kappa shape index (κ3) is 2.52. The predicted molar refractivity (Wildman–Crippen MR) is 118 cm³/mol. The van der Waals surface area contributed by atoms with Gasteiger partial charge in [0.2, 0.25) is 6.29 Å². The van der Waals surface area contributed by atoms with Gasteiger partial charge in [0.15, 0.2) is 6.10 Å². The Kier molecular flexibility index (Phi) is 4.34. The van der Waals surface area contributed by atoms with Crippen molar-refractivity contribution in [3.05, 3.63) is 23.8 Å². The second-order valence-corrected chi connectivity index (χ2v) is 12.3. The van der Waals surface area contributed by atoms with E-state index >= 15 is 0 Å². The Morgan fingerprint density at radius 1 is 0.971 bits per heavy atom. The molecule has 9 nitrogen and oxygen atoms in total. The van der Waals surface area contributed by atoms with E-state index < -0.39 is 70.0 Å². The van der Waals surface area contributed by atoms with Crippen LogP contribution < -0.4 is 0 Å². The lowest BCUT2D eigenvalue weighted by Crippen LogP contribution is -2.73. The number of cyclic esters (lactones) is 3. The molecule has 2 N–H and O–H groups in total. The number of carbonyl (C=O) groups is 3. The van der Waals surface area contributed by atoms with Crippen LogP contribution in [0.3, 0.4) is 0 Å². The maximum atomic E-state index is 13.1. The smallest absolute Gasteiger partial charge is 0.340 e. The van der Waals surface area contributed by atoms with Gasteiger partial charge in [0.1, 0.15) is 17.3 Å². The van der Waals surface area contributed by atoms with Crippen molar-refractivity contribution in [3.8, 4) is 0 Å². The Bertz CT molecular complexity index is 1110. The lowest BCUT2D eigenvalue weighted by molar-refractivity contribution is -0.247. The zero-order chi connectivity index (χ0) is 25.3. The summed E-state index contributed by atoms with van der Waals surface area (Å²) in [5, 5.41) is 21.7. The molecule has 0 bridgehead atoms. The van der Waals surface area contributed by atoms with Crippen molar-refractivity contribution < 1.29 is 43.5 Å². The van der Waals surface area contributed by atoms with Crippen molar-refractivity contribution in [1.82, 2.24) is 0 Å². The highest BCUT2D eigenvalue weighted by molar-refractivity contribution is 5.94. The average molecular weight is 489 g/mol. The molecule has 9 heteroatoms. The van der Waals surface area contributed by atoms with Gasteiger partial charge in [-0.1, -0.05) is 26.8 Å². The van der Waals surface area contributed by atoms with Crippen LogP contribution in [0.15, 0.2) is 23.8 Å². The number of epoxide rings is 1. The molecule has 0 radical (unpaired) electrons. The van der Waals surface area contributed by atoms with Gasteiger partial charge in [-0.05, 0) is 50.5 Å². The van der Waals surface area contributed by atoms with Gasteiger partial charge in [0.05, 0.1) is 11.7 Å². The Balaban J connectivity index is 1.50. The van der Waals surface area contributed by atoms with E-state index in [9.17, 15) is 24.6 Å². The van der Waals surface area contributed by atoms with Crippen LogP contribution in [-0.2, 0) is 33.3 Å². The number of fused-ring (bicyclic) bond motifs is 3. The second kappa shape index (κ2) is 6.55. The Morgan fingerprint density at radius 2 is 1.69 bits per heavy atom. The van der Waals surface area contributed by atoms with E-state index in [0.717, 1.165) is 0 Å². The fourth-order valence-electron chi connectivity index (χ4n) is 8.96. The maximum absolute atomic E-state index is 13.1.